The summed E-state index contributed by atoms with van der Waals surface area (Å²) in [6.45, 7) is 2.38. The third-order valence-corrected chi connectivity index (χ3v) is 6.61. The average Bonchev–Trinajstić information content (AvgIpc) is 3.40. The van der Waals surface area contributed by atoms with Crippen molar-refractivity contribution in [2.45, 2.75) is 50.6 Å². The third-order valence-electron chi connectivity index (χ3n) is 6.61. The number of para-hydroxylation sites is 1. The summed E-state index contributed by atoms with van der Waals surface area (Å²) in [5.74, 6) is 1.00. The van der Waals surface area contributed by atoms with Gasteiger partial charge in [0, 0.05) is 48.7 Å². The summed E-state index contributed by atoms with van der Waals surface area (Å²) in [6, 6.07) is 11.3. The molecule has 7 heteroatoms. The molecule has 1 aliphatic heterocycles. The maximum Gasteiger partial charge on any atom is 0.151 e. The zero-order chi connectivity index (χ0) is 19.8. The molecular formula is C22H29BN6. The lowest BCUT2D eigenvalue weighted by Crippen LogP contribution is -2.43. The monoisotopic (exact) mass is 388 g/mol. The van der Waals surface area contributed by atoms with Crippen molar-refractivity contribution < 1.29 is 0 Å². The fourth-order valence-corrected chi connectivity index (χ4v) is 4.93. The number of likely N-dealkylation sites (tertiary alicyclic amines) is 1. The molecule has 0 amide bonds. The van der Waals surface area contributed by atoms with Gasteiger partial charge < -0.3 is 16.0 Å². The van der Waals surface area contributed by atoms with E-state index in [0.29, 0.717) is 6.04 Å². The Morgan fingerprint density at radius 3 is 2.59 bits per heavy atom. The van der Waals surface area contributed by atoms with E-state index >= 15 is 0 Å². The lowest BCUT2D eigenvalue weighted by atomic mass is 10.0. The molecule has 6 nitrogen and oxygen atoms in total. The van der Waals surface area contributed by atoms with Gasteiger partial charge in [0.05, 0.1) is 5.69 Å². The summed E-state index contributed by atoms with van der Waals surface area (Å²) >= 11 is 0. The van der Waals surface area contributed by atoms with E-state index in [1.54, 1.807) is 0 Å². The fraction of sp³-hybridized carbons (Fsp3) is 0.455. The SMILES string of the molecule is Bc1cnn2c(NC3CCN(C4CCCC4)CC3)cc(-c3ccccc3N)nc12. The van der Waals surface area contributed by atoms with Crippen LogP contribution in [0, 0.1) is 0 Å². The number of fused-ring (bicyclic) bond motifs is 1. The van der Waals surface area contributed by atoms with E-state index in [-0.39, 0.29) is 0 Å². The Morgan fingerprint density at radius 2 is 1.83 bits per heavy atom. The van der Waals surface area contributed by atoms with Crippen molar-refractivity contribution in [1.82, 2.24) is 19.5 Å². The molecule has 1 saturated heterocycles. The zero-order valence-corrected chi connectivity index (χ0v) is 17.1. The molecule has 1 saturated carbocycles. The summed E-state index contributed by atoms with van der Waals surface area (Å²) in [7, 11) is 2.05. The van der Waals surface area contributed by atoms with E-state index in [1.165, 1.54) is 51.6 Å². The molecule has 29 heavy (non-hydrogen) atoms. The first-order valence-corrected chi connectivity index (χ1v) is 10.9. The van der Waals surface area contributed by atoms with Crippen molar-refractivity contribution in [3.8, 4) is 11.3 Å². The number of anilines is 2. The topological polar surface area (TPSA) is 71.5 Å². The Kier molecular flexibility index (Phi) is 4.92. The molecule has 5 rings (SSSR count). The van der Waals surface area contributed by atoms with Crippen LogP contribution < -0.4 is 16.5 Å². The van der Waals surface area contributed by atoms with Crippen molar-refractivity contribution in [2.75, 3.05) is 24.1 Å². The van der Waals surface area contributed by atoms with Crippen LogP contribution in [0.25, 0.3) is 16.9 Å². The smallest absolute Gasteiger partial charge is 0.151 e. The molecule has 0 bridgehead atoms. The highest BCUT2D eigenvalue weighted by molar-refractivity contribution is 6.36. The molecule has 3 aromatic rings. The molecule has 2 aliphatic rings. The van der Waals surface area contributed by atoms with Gasteiger partial charge in [-0.05, 0) is 37.2 Å². The molecule has 0 spiro atoms. The van der Waals surface area contributed by atoms with Gasteiger partial charge in [0.15, 0.2) is 5.65 Å². The van der Waals surface area contributed by atoms with Crippen LogP contribution in [0.3, 0.4) is 0 Å². The summed E-state index contributed by atoms with van der Waals surface area (Å²) in [4.78, 5) is 7.57. The van der Waals surface area contributed by atoms with Crippen LogP contribution >= 0.6 is 0 Å². The number of aromatic nitrogens is 3. The van der Waals surface area contributed by atoms with Crippen molar-refractivity contribution in [2.24, 2.45) is 0 Å². The van der Waals surface area contributed by atoms with Gasteiger partial charge >= 0.3 is 0 Å². The Labute approximate surface area is 172 Å². The maximum absolute atomic E-state index is 6.23. The minimum absolute atomic E-state index is 0.462. The predicted molar refractivity (Wildman–Crippen MR) is 121 cm³/mol. The van der Waals surface area contributed by atoms with Gasteiger partial charge in [-0.15, -0.1) is 0 Å². The van der Waals surface area contributed by atoms with Gasteiger partial charge in [0.25, 0.3) is 0 Å². The normalized spacial score (nSPS) is 19.2. The van der Waals surface area contributed by atoms with Crippen molar-refractivity contribution in [1.29, 1.82) is 0 Å². The van der Waals surface area contributed by atoms with Crippen LogP contribution in [0.1, 0.15) is 38.5 Å². The number of hydrogen-bond acceptors (Lipinski definition) is 5. The fourth-order valence-electron chi connectivity index (χ4n) is 4.93. The van der Waals surface area contributed by atoms with E-state index in [4.69, 9.17) is 10.7 Å². The largest absolute Gasteiger partial charge is 0.398 e. The number of rotatable bonds is 4. The van der Waals surface area contributed by atoms with Gasteiger partial charge in [-0.2, -0.15) is 9.61 Å². The van der Waals surface area contributed by atoms with Crippen molar-refractivity contribution >= 4 is 30.5 Å². The first-order chi connectivity index (χ1) is 14.2. The number of benzene rings is 1. The number of hydrogen-bond donors (Lipinski definition) is 2. The minimum Gasteiger partial charge on any atom is -0.398 e. The van der Waals surface area contributed by atoms with E-state index in [0.717, 1.165) is 39.9 Å². The number of nitrogens with zero attached hydrogens (tertiary/aromatic N) is 4. The molecule has 3 N–H and O–H groups in total. The van der Waals surface area contributed by atoms with Gasteiger partial charge in [0.2, 0.25) is 0 Å². The Hall–Kier alpha value is -2.54. The van der Waals surface area contributed by atoms with Crippen LogP contribution in [0.4, 0.5) is 11.5 Å². The summed E-state index contributed by atoms with van der Waals surface area (Å²) in [5, 5.41) is 8.34. The van der Waals surface area contributed by atoms with Crippen LogP contribution in [-0.2, 0) is 0 Å². The van der Waals surface area contributed by atoms with E-state index in [9.17, 15) is 0 Å². The Morgan fingerprint density at radius 1 is 1.07 bits per heavy atom. The second-order valence-electron chi connectivity index (χ2n) is 8.57. The molecule has 3 heterocycles. The van der Waals surface area contributed by atoms with Crippen LogP contribution in [0.2, 0.25) is 0 Å². The van der Waals surface area contributed by atoms with Gasteiger partial charge in [0.1, 0.15) is 13.7 Å². The van der Waals surface area contributed by atoms with Crippen LogP contribution in [0.5, 0.6) is 0 Å². The summed E-state index contributed by atoms with van der Waals surface area (Å²) in [5.41, 5.74) is 10.8. The quantitative estimate of drug-likeness (QED) is 0.529. The molecule has 1 aromatic carbocycles. The minimum atomic E-state index is 0.462. The molecule has 0 atom stereocenters. The van der Waals surface area contributed by atoms with Crippen molar-refractivity contribution in [3.05, 3.63) is 36.5 Å². The Balaban J connectivity index is 1.40. The highest BCUT2D eigenvalue weighted by Crippen LogP contribution is 2.29. The van der Waals surface area contributed by atoms with E-state index < -0.39 is 0 Å². The second-order valence-corrected chi connectivity index (χ2v) is 8.57. The van der Waals surface area contributed by atoms with Gasteiger partial charge in [-0.25, -0.2) is 4.98 Å². The Bertz CT molecular complexity index is 1000. The molecule has 1 aliphatic carbocycles. The molecule has 2 fully saturated rings. The number of piperidine rings is 1. The highest BCUT2D eigenvalue weighted by Gasteiger charge is 2.27. The van der Waals surface area contributed by atoms with Gasteiger partial charge in [-0.1, -0.05) is 31.0 Å². The number of nitrogen functional groups attached to an aromatic ring is 1. The molecular weight excluding hydrogens is 359 g/mol. The predicted octanol–water partition coefficient (Wildman–Crippen LogP) is 2.06. The van der Waals surface area contributed by atoms with Crippen LogP contribution in [-0.4, -0.2) is 52.5 Å². The maximum atomic E-state index is 6.23. The first kappa shape index (κ1) is 18.5. The van der Waals surface area contributed by atoms with E-state index in [2.05, 4.69) is 29.2 Å². The highest BCUT2D eigenvalue weighted by atomic mass is 15.3. The summed E-state index contributed by atoms with van der Waals surface area (Å²) in [6.07, 6.45) is 9.81. The first-order valence-electron chi connectivity index (χ1n) is 10.9. The molecule has 2 aromatic heterocycles. The third kappa shape index (κ3) is 3.59. The number of nitrogens with one attached hydrogen (secondary N) is 1. The molecule has 150 valence electrons. The number of nitrogens with two attached hydrogens (primary N) is 1. The summed E-state index contributed by atoms with van der Waals surface area (Å²) < 4.78 is 1.93. The van der Waals surface area contributed by atoms with Crippen LogP contribution in [0.15, 0.2) is 36.5 Å². The molecule has 0 unspecified atom stereocenters. The lowest BCUT2D eigenvalue weighted by Gasteiger charge is -2.36. The lowest BCUT2D eigenvalue weighted by molar-refractivity contribution is 0.159. The standard InChI is InChI=1S/C22H29BN6/c23-18-14-25-29-21(13-20(27-22(18)29)17-7-3-4-8-19(17)24)26-15-9-11-28(12-10-15)16-5-1-2-6-16/h3-4,7-8,13-16,26H,1-2,5-6,9-12,23-24H2. The zero-order valence-electron chi connectivity index (χ0n) is 17.1. The van der Waals surface area contributed by atoms with Crippen molar-refractivity contribution in [3.63, 3.8) is 0 Å². The van der Waals surface area contributed by atoms with E-state index in [1.807, 2.05) is 35.0 Å². The van der Waals surface area contributed by atoms with Gasteiger partial charge in [-0.3, -0.25) is 0 Å². The second kappa shape index (κ2) is 7.71. The average molecular weight is 388 g/mol. The molecule has 0 radical (unpaired) electrons.